The van der Waals surface area contributed by atoms with E-state index >= 15 is 0 Å². The molecule has 1 aromatic heterocycles. The van der Waals surface area contributed by atoms with Crippen LogP contribution >= 0.6 is 0 Å². The van der Waals surface area contributed by atoms with E-state index < -0.39 is 5.97 Å². The first-order valence-electron chi connectivity index (χ1n) is 9.49. The summed E-state index contributed by atoms with van der Waals surface area (Å²) in [6, 6.07) is 14.1. The summed E-state index contributed by atoms with van der Waals surface area (Å²) in [5.41, 5.74) is 5.58. The maximum atomic E-state index is 12.3. The van der Waals surface area contributed by atoms with Crippen LogP contribution in [0.2, 0.25) is 0 Å². The number of hydrogen-bond donors (Lipinski definition) is 0. The van der Waals surface area contributed by atoms with Crippen molar-refractivity contribution in [1.29, 1.82) is 0 Å². The number of anilines is 2. The predicted molar refractivity (Wildman–Crippen MR) is 111 cm³/mol. The third-order valence-electron chi connectivity index (χ3n) is 5.20. The molecule has 0 amide bonds. The number of hydrogen-bond acceptors (Lipinski definition) is 6. The molecule has 2 heterocycles. The molecule has 1 aliphatic heterocycles. The number of nitrogens with zero attached hydrogens (tertiary/aromatic N) is 4. The van der Waals surface area contributed by atoms with Gasteiger partial charge in [-0.1, -0.05) is 29.8 Å². The van der Waals surface area contributed by atoms with Crippen molar-refractivity contribution in [1.82, 2.24) is 9.97 Å². The molecule has 0 aliphatic carbocycles. The van der Waals surface area contributed by atoms with Crippen molar-refractivity contribution < 1.29 is 9.53 Å². The first kappa shape index (κ1) is 18.2. The molecule has 1 fully saturated rings. The van der Waals surface area contributed by atoms with Gasteiger partial charge in [0.15, 0.2) is 11.5 Å². The molecule has 6 nitrogen and oxygen atoms in total. The zero-order chi connectivity index (χ0) is 19.7. The molecule has 0 spiro atoms. The van der Waals surface area contributed by atoms with Crippen molar-refractivity contribution in [3.8, 4) is 0 Å². The van der Waals surface area contributed by atoms with E-state index in [0.29, 0.717) is 11.3 Å². The van der Waals surface area contributed by atoms with E-state index in [-0.39, 0.29) is 5.69 Å². The Balaban J connectivity index is 1.62. The minimum Gasteiger partial charge on any atom is -0.464 e. The van der Waals surface area contributed by atoms with Gasteiger partial charge in [0.25, 0.3) is 0 Å². The molecule has 0 atom stereocenters. The molecular weight excluding hydrogens is 352 g/mol. The Labute approximate surface area is 164 Å². The molecule has 144 valence electrons. The molecule has 4 rings (SSSR count). The van der Waals surface area contributed by atoms with E-state index in [2.05, 4.69) is 46.8 Å². The fraction of sp³-hybridized carbons (Fsp3) is 0.318. The van der Waals surface area contributed by atoms with Crippen molar-refractivity contribution in [2.75, 3.05) is 43.1 Å². The van der Waals surface area contributed by atoms with Crippen LogP contribution in [0, 0.1) is 13.8 Å². The number of piperazine rings is 1. The van der Waals surface area contributed by atoms with E-state index in [4.69, 9.17) is 9.72 Å². The van der Waals surface area contributed by atoms with Crippen LogP contribution < -0.4 is 9.80 Å². The van der Waals surface area contributed by atoms with Crippen LogP contribution in [0.15, 0.2) is 42.5 Å². The third kappa shape index (κ3) is 3.38. The van der Waals surface area contributed by atoms with Crippen molar-refractivity contribution in [2.24, 2.45) is 0 Å². The number of methoxy groups -OCH3 is 1. The number of benzene rings is 2. The molecule has 3 aromatic rings. The highest BCUT2D eigenvalue weighted by Gasteiger charge is 2.25. The summed E-state index contributed by atoms with van der Waals surface area (Å²) in [7, 11) is 1.38. The van der Waals surface area contributed by atoms with Gasteiger partial charge in [-0.2, -0.15) is 0 Å². The van der Waals surface area contributed by atoms with Crippen LogP contribution in [0.4, 0.5) is 11.5 Å². The fourth-order valence-electron chi connectivity index (χ4n) is 3.76. The zero-order valence-corrected chi connectivity index (χ0v) is 16.5. The predicted octanol–water partition coefficient (Wildman–Crippen LogP) is 3.36. The Bertz CT molecular complexity index is 1030. The second-order valence-electron chi connectivity index (χ2n) is 7.14. The van der Waals surface area contributed by atoms with Gasteiger partial charge in [0.05, 0.1) is 18.1 Å². The number of esters is 1. The van der Waals surface area contributed by atoms with E-state index in [1.54, 1.807) is 0 Å². The third-order valence-corrected chi connectivity index (χ3v) is 5.20. The van der Waals surface area contributed by atoms with E-state index in [9.17, 15) is 4.79 Å². The van der Waals surface area contributed by atoms with Gasteiger partial charge < -0.3 is 14.5 Å². The maximum Gasteiger partial charge on any atom is 0.360 e. The monoisotopic (exact) mass is 376 g/mol. The van der Waals surface area contributed by atoms with Crippen LogP contribution in [0.5, 0.6) is 0 Å². The fourth-order valence-corrected chi connectivity index (χ4v) is 3.76. The number of ether oxygens (including phenoxy) is 1. The molecule has 0 bridgehead atoms. The minimum absolute atomic E-state index is 0.279. The topological polar surface area (TPSA) is 58.6 Å². The summed E-state index contributed by atoms with van der Waals surface area (Å²) in [6.45, 7) is 7.52. The van der Waals surface area contributed by atoms with Gasteiger partial charge in [-0.05, 0) is 37.6 Å². The summed E-state index contributed by atoms with van der Waals surface area (Å²) in [6.07, 6.45) is 0. The van der Waals surface area contributed by atoms with Gasteiger partial charge in [0, 0.05) is 31.9 Å². The summed E-state index contributed by atoms with van der Waals surface area (Å²) in [5, 5.41) is 0. The average molecular weight is 376 g/mol. The van der Waals surface area contributed by atoms with Gasteiger partial charge in [-0.15, -0.1) is 0 Å². The Kier molecular flexibility index (Phi) is 4.86. The summed E-state index contributed by atoms with van der Waals surface area (Å²) in [5.74, 6) is 0.149. The Hall–Kier alpha value is -3.15. The van der Waals surface area contributed by atoms with Crippen molar-refractivity contribution >= 4 is 28.5 Å². The van der Waals surface area contributed by atoms with Crippen LogP contribution in [-0.4, -0.2) is 49.2 Å². The SMILES string of the molecule is COC(=O)c1nc2ccccc2nc1N1CCN(c2ccc(C)cc2C)CC1. The first-order chi connectivity index (χ1) is 13.6. The molecular formula is C22H24N4O2. The summed E-state index contributed by atoms with van der Waals surface area (Å²) in [4.78, 5) is 26.1. The number of rotatable bonds is 3. The molecule has 0 N–H and O–H groups in total. The van der Waals surface area contributed by atoms with E-state index in [1.165, 1.54) is 23.9 Å². The Morgan fingerprint density at radius 3 is 2.21 bits per heavy atom. The van der Waals surface area contributed by atoms with Crippen molar-refractivity contribution in [3.63, 3.8) is 0 Å². The lowest BCUT2D eigenvalue weighted by Crippen LogP contribution is -2.47. The first-order valence-corrected chi connectivity index (χ1v) is 9.49. The smallest absolute Gasteiger partial charge is 0.360 e. The van der Waals surface area contributed by atoms with Crippen molar-refractivity contribution in [3.05, 3.63) is 59.3 Å². The second-order valence-corrected chi connectivity index (χ2v) is 7.14. The van der Waals surface area contributed by atoms with Gasteiger partial charge in [0.1, 0.15) is 0 Å². The van der Waals surface area contributed by atoms with Crippen LogP contribution in [-0.2, 0) is 4.74 Å². The maximum absolute atomic E-state index is 12.3. The van der Waals surface area contributed by atoms with Gasteiger partial charge in [0.2, 0.25) is 0 Å². The second kappa shape index (κ2) is 7.46. The number of carbonyl (C=O) groups is 1. The summed E-state index contributed by atoms with van der Waals surface area (Å²) >= 11 is 0. The lowest BCUT2D eigenvalue weighted by molar-refractivity contribution is 0.0595. The molecule has 2 aromatic carbocycles. The Morgan fingerprint density at radius 1 is 0.929 bits per heavy atom. The van der Waals surface area contributed by atoms with E-state index in [1.807, 2.05) is 24.3 Å². The number of fused-ring (bicyclic) bond motifs is 1. The highest BCUT2D eigenvalue weighted by molar-refractivity contribution is 5.95. The molecule has 1 saturated heterocycles. The van der Waals surface area contributed by atoms with Crippen molar-refractivity contribution in [2.45, 2.75) is 13.8 Å². The van der Waals surface area contributed by atoms with Gasteiger partial charge in [-0.3, -0.25) is 0 Å². The molecule has 1 aliphatic rings. The quantitative estimate of drug-likeness (QED) is 0.654. The largest absolute Gasteiger partial charge is 0.464 e. The number of aryl methyl sites for hydroxylation is 2. The normalized spacial score (nSPS) is 14.4. The zero-order valence-electron chi connectivity index (χ0n) is 16.5. The molecule has 0 unspecified atom stereocenters. The number of para-hydroxylation sites is 2. The van der Waals surface area contributed by atoms with Crippen LogP contribution in [0.25, 0.3) is 11.0 Å². The van der Waals surface area contributed by atoms with Crippen LogP contribution in [0.3, 0.4) is 0 Å². The molecule has 0 saturated carbocycles. The van der Waals surface area contributed by atoms with Crippen LogP contribution in [0.1, 0.15) is 21.6 Å². The average Bonchev–Trinajstić information content (AvgIpc) is 2.72. The molecule has 28 heavy (non-hydrogen) atoms. The van der Waals surface area contributed by atoms with Gasteiger partial charge >= 0.3 is 5.97 Å². The highest BCUT2D eigenvalue weighted by atomic mass is 16.5. The number of carbonyl (C=O) groups excluding carboxylic acids is 1. The molecule has 6 heteroatoms. The lowest BCUT2D eigenvalue weighted by atomic mass is 10.1. The number of aromatic nitrogens is 2. The lowest BCUT2D eigenvalue weighted by Gasteiger charge is -2.37. The summed E-state index contributed by atoms with van der Waals surface area (Å²) < 4.78 is 4.96. The highest BCUT2D eigenvalue weighted by Crippen LogP contribution is 2.26. The van der Waals surface area contributed by atoms with Gasteiger partial charge in [-0.25, -0.2) is 14.8 Å². The Morgan fingerprint density at radius 2 is 1.57 bits per heavy atom. The molecule has 0 radical (unpaired) electrons. The minimum atomic E-state index is -0.454. The van der Waals surface area contributed by atoms with E-state index in [0.717, 1.165) is 31.7 Å². The standard InChI is InChI=1S/C22H24N4O2/c1-15-8-9-19(16(2)14-15)25-10-12-26(13-11-25)21-20(22(27)28-3)23-17-6-4-5-7-18(17)24-21/h4-9,14H,10-13H2,1-3H3.